The number of hydrogen-bond acceptors (Lipinski definition) is 4. The molecule has 1 aliphatic carbocycles. The first-order chi connectivity index (χ1) is 21.5. The summed E-state index contributed by atoms with van der Waals surface area (Å²) < 4.78 is 6.33. The van der Waals surface area contributed by atoms with E-state index < -0.39 is 11.9 Å². The number of nitrogens with zero attached hydrogens (tertiary/aromatic N) is 1. The summed E-state index contributed by atoms with van der Waals surface area (Å²) in [6.07, 6.45) is 6.20. The molecule has 2 N–H and O–H groups in total. The van der Waals surface area contributed by atoms with E-state index >= 15 is 0 Å². The lowest BCUT2D eigenvalue weighted by atomic mass is 10.0. The number of unbranched alkanes of at least 4 members (excludes halogenated alkanes) is 1. The monoisotopic (exact) mass is 591 g/mol. The Kier molecular flexibility index (Phi) is 10.8. The molecule has 0 radical (unpaired) electrons. The Balaban J connectivity index is 1.21. The average Bonchev–Trinajstić information content (AvgIpc) is 3.47. The minimum Gasteiger partial charge on any atom is -0.489 e. The fourth-order valence-corrected chi connectivity index (χ4v) is 6.13. The number of carbonyl (C=O) groups is 2. The molecule has 1 aliphatic rings. The van der Waals surface area contributed by atoms with Crippen LogP contribution in [0.3, 0.4) is 0 Å². The number of ether oxygens (including phenoxy) is 1. The molecule has 228 valence electrons. The first kappa shape index (κ1) is 31.0. The molecule has 0 aliphatic heterocycles. The van der Waals surface area contributed by atoms with Crippen molar-refractivity contribution in [2.75, 3.05) is 13.1 Å². The Bertz CT molecular complexity index is 1530. The maximum absolute atomic E-state index is 11.5. The molecule has 4 aromatic rings. The van der Waals surface area contributed by atoms with E-state index in [4.69, 9.17) is 9.84 Å². The summed E-state index contributed by atoms with van der Waals surface area (Å²) in [5.74, 6) is -0.793. The van der Waals surface area contributed by atoms with Gasteiger partial charge in [0, 0.05) is 19.0 Å². The number of rotatable bonds is 16. The predicted molar refractivity (Wildman–Crippen MR) is 172 cm³/mol. The van der Waals surface area contributed by atoms with Gasteiger partial charge < -0.3 is 14.9 Å². The summed E-state index contributed by atoms with van der Waals surface area (Å²) in [5, 5.41) is 18.5. The molecular formula is C38H41NO5. The van der Waals surface area contributed by atoms with E-state index in [1.54, 1.807) is 12.1 Å². The van der Waals surface area contributed by atoms with Crippen LogP contribution >= 0.6 is 0 Å². The minimum absolute atomic E-state index is 0.168. The molecule has 0 spiro atoms. The predicted octanol–water partition coefficient (Wildman–Crippen LogP) is 7.54. The lowest BCUT2D eigenvalue weighted by Gasteiger charge is -2.30. The Morgan fingerprint density at radius 3 is 2.20 bits per heavy atom. The highest BCUT2D eigenvalue weighted by molar-refractivity contribution is 5.88. The number of benzene rings is 4. The van der Waals surface area contributed by atoms with Crippen LogP contribution in [-0.2, 0) is 37.1 Å². The maximum atomic E-state index is 11.5. The highest BCUT2D eigenvalue weighted by Crippen LogP contribution is 2.37. The van der Waals surface area contributed by atoms with Crippen LogP contribution in [0.25, 0.3) is 0 Å². The van der Waals surface area contributed by atoms with Crippen molar-refractivity contribution < 1.29 is 24.5 Å². The molecule has 6 nitrogen and oxygen atoms in total. The normalized spacial score (nSPS) is 14.0. The van der Waals surface area contributed by atoms with Crippen LogP contribution in [0.5, 0.6) is 5.75 Å². The quantitative estimate of drug-likeness (QED) is 0.131. The first-order valence-corrected chi connectivity index (χ1v) is 15.6. The smallest absolute Gasteiger partial charge is 0.335 e. The fraction of sp³-hybridized carbons (Fsp3) is 0.316. The average molecular weight is 592 g/mol. The van der Waals surface area contributed by atoms with Crippen LogP contribution < -0.4 is 4.74 Å². The Hall–Kier alpha value is -4.42. The van der Waals surface area contributed by atoms with Crippen LogP contribution in [0.15, 0.2) is 97.1 Å². The molecular weight excluding hydrogens is 550 g/mol. The van der Waals surface area contributed by atoms with Gasteiger partial charge in [0.1, 0.15) is 12.4 Å². The van der Waals surface area contributed by atoms with Crippen molar-refractivity contribution in [3.8, 4) is 5.75 Å². The third-order valence-electron chi connectivity index (χ3n) is 8.57. The largest absolute Gasteiger partial charge is 0.489 e. The van der Waals surface area contributed by atoms with Crippen molar-refractivity contribution in [2.24, 2.45) is 0 Å². The molecule has 6 heteroatoms. The summed E-state index contributed by atoms with van der Waals surface area (Å²) in [4.78, 5) is 25.0. The number of aromatic carboxylic acids is 1. The van der Waals surface area contributed by atoms with Gasteiger partial charge in [-0.1, -0.05) is 78.9 Å². The number of aryl methyl sites for hydroxylation is 3. The number of para-hydroxylation sites is 1. The number of hydrogen-bond donors (Lipinski definition) is 2. The van der Waals surface area contributed by atoms with Gasteiger partial charge in [-0.25, -0.2) is 4.79 Å². The summed E-state index contributed by atoms with van der Waals surface area (Å²) in [6.45, 7) is 2.09. The van der Waals surface area contributed by atoms with E-state index in [2.05, 4.69) is 59.5 Å². The van der Waals surface area contributed by atoms with Gasteiger partial charge in [-0.05, 0) is 103 Å². The van der Waals surface area contributed by atoms with Gasteiger partial charge in [-0.15, -0.1) is 0 Å². The second-order valence-corrected chi connectivity index (χ2v) is 11.6. The van der Waals surface area contributed by atoms with Gasteiger partial charge in [0.15, 0.2) is 0 Å². The van der Waals surface area contributed by atoms with Crippen molar-refractivity contribution >= 4 is 11.9 Å². The second kappa shape index (κ2) is 15.3. The molecule has 0 aromatic heterocycles. The van der Waals surface area contributed by atoms with Crippen molar-refractivity contribution in [2.45, 2.75) is 64.0 Å². The number of aliphatic carboxylic acids is 1. The van der Waals surface area contributed by atoms with Crippen LogP contribution in [0, 0.1) is 0 Å². The summed E-state index contributed by atoms with van der Waals surface area (Å²) >= 11 is 0. The molecule has 0 saturated carbocycles. The lowest BCUT2D eigenvalue weighted by molar-refractivity contribution is -0.137. The van der Waals surface area contributed by atoms with Crippen LogP contribution in [-0.4, -0.2) is 40.1 Å². The third-order valence-corrected chi connectivity index (χ3v) is 8.57. The lowest BCUT2D eigenvalue weighted by Crippen LogP contribution is -2.31. The molecule has 0 saturated heterocycles. The van der Waals surface area contributed by atoms with Crippen LogP contribution in [0.2, 0.25) is 0 Å². The van der Waals surface area contributed by atoms with Gasteiger partial charge in [-0.2, -0.15) is 0 Å². The van der Waals surface area contributed by atoms with Gasteiger partial charge in [0.25, 0.3) is 0 Å². The van der Waals surface area contributed by atoms with E-state index in [0.29, 0.717) is 18.6 Å². The number of fused-ring (bicyclic) bond motifs is 1. The zero-order valence-electron chi connectivity index (χ0n) is 25.2. The van der Waals surface area contributed by atoms with E-state index in [0.717, 1.165) is 74.1 Å². The number of carboxylic acid groups (broad SMARTS) is 2. The van der Waals surface area contributed by atoms with Gasteiger partial charge in [0.2, 0.25) is 0 Å². The molecule has 0 fully saturated rings. The summed E-state index contributed by atoms with van der Waals surface area (Å²) in [6, 6.07) is 33.1. The van der Waals surface area contributed by atoms with Crippen molar-refractivity contribution in [3.63, 3.8) is 0 Å². The Labute approximate surface area is 259 Å². The highest BCUT2D eigenvalue weighted by Gasteiger charge is 2.28. The van der Waals surface area contributed by atoms with E-state index in [9.17, 15) is 14.7 Å². The molecule has 0 bridgehead atoms. The van der Waals surface area contributed by atoms with Gasteiger partial charge >= 0.3 is 11.9 Å². The first-order valence-electron chi connectivity index (χ1n) is 15.6. The van der Waals surface area contributed by atoms with Crippen LogP contribution in [0.1, 0.15) is 75.5 Å². The van der Waals surface area contributed by atoms with Gasteiger partial charge in [0.05, 0.1) is 5.56 Å². The van der Waals surface area contributed by atoms with Crippen molar-refractivity contribution in [1.82, 2.24) is 4.90 Å². The second-order valence-electron chi connectivity index (χ2n) is 11.6. The zero-order valence-corrected chi connectivity index (χ0v) is 25.2. The highest BCUT2D eigenvalue weighted by atomic mass is 16.5. The van der Waals surface area contributed by atoms with Crippen LogP contribution in [0.4, 0.5) is 0 Å². The summed E-state index contributed by atoms with van der Waals surface area (Å²) in [5.41, 5.74) is 7.54. The molecule has 5 rings (SSSR count). The molecule has 4 aromatic carbocycles. The molecule has 44 heavy (non-hydrogen) atoms. The topological polar surface area (TPSA) is 87.1 Å². The Morgan fingerprint density at radius 1 is 0.750 bits per heavy atom. The minimum atomic E-state index is -0.905. The molecule has 1 atom stereocenters. The van der Waals surface area contributed by atoms with E-state index in [1.807, 2.05) is 30.3 Å². The van der Waals surface area contributed by atoms with Crippen molar-refractivity contribution in [1.29, 1.82) is 0 Å². The van der Waals surface area contributed by atoms with Gasteiger partial charge in [-0.3, -0.25) is 9.69 Å². The third kappa shape index (κ3) is 8.57. The number of carboxylic acids is 2. The summed E-state index contributed by atoms with van der Waals surface area (Å²) in [7, 11) is 0. The molecule has 1 unspecified atom stereocenters. The van der Waals surface area contributed by atoms with E-state index in [1.165, 1.54) is 16.7 Å². The maximum Gasteiger partial charge on any atom is 0.335 e. The standard InChI is InChI=1S/C38H41NO5/c40-37(41)12-6-7-24-39(35-22-20-32-26-33(38(42)43)19-21-34(32)35)25-23-31-10-4-5-11-36(31)44-27-30-17-15-29(16-18-30)14-13-28-8-2-1-3-9-28/h1-5,8-11,15-19,21,26,35H,6-7,12-14,20,22-25,27H2,(H,40,41)(H,42,43). The molecule has 0 amide bonds. The zero-order chi connectivity index (χ0) is 30.7. The van der Waals surface area contributed by atoms with Crippen molar-refractivity contribution in [3.05, 3.63) is 136 Å². The molecule has 0 heterocycles. The van der Waals surface area contributed by atoms with E-state index in [-0.39, 0.29) is 12.5 Å². The fourth-order valence-electron chi connectivity index (χ4n) is 6.13. The Morgan fingerprint density at radius 2 is 1.45 bits per heavy atom. The SMILES string of the molecule is O=C(O)CCCCN(CCc1ccccc1OCc1ccc(CCc2ccccc2)cc1)C1CCc2cc(C(=O)O)ccc21.